The molecule has 12 heteroatoms. The number of ether oxygens (including phenoxy) is 3. The van der Waals surface area contributed by atoms with Gasteiger partial charge in [-0.3, -0.25) is 9.29 Å². The first-order valence-corrected chi connectivity index (χ1v) is 12.9. The van der Waals surface area contributed by atoms with Gasteiger partial charge in [-0.15, -0.1) is 10.2 Å². The van der Waals surface area contributed by atoms with Crippen molar-refractivity contribution in [3.8, 4) is 17.2 Å². The summed E-state index contributed by atoms with van der Waals surface area (Å²) in [6.45, 7) is 6.32. The maximum Gasteiger partial charge on any atom is 0.243 e. The molecular weight excluding hydrogens is 472 g/mol. The van der Waals surface area contributed by atoms with Crippen LogP contribution in [0.1, 0.15) is 49.3 Å². The van der Waals surface area contributed by atoms with Crippen molar-refractivity contribution in [2.45, 2.75) is 44.3 Å². The number of rotatable bonds is 9. The summed E-state index contributed by atoms with van der Waals surface area (Å²) in [4.78, 5) is 8.61. The number of nitrogens with one attached hydrogen (secondary N) is 1. The number of hydrogen-bond acceptors (Lipinski definition) is 9. The first-order chi connectivity index (χ1) is 16.8. The Kier molecular flexibility index (Phi) is 7.22. The van der Waals surface area contributed by atoms with Gasteiger partial charge in [-0.1, -0.05) is 13.0 Å². The van der Waals surface area contributed by atoms with Gasteiger partial charge in [0.1, 0.15) is 28.8 Å². The van der Waals surface area contributed by atoms with Crippen LogP contribution in [0.25, 0.3) is 5.69 Å². The van der Waals surface area contributed by atoms with E-state index in [9.17, 15) is 8.42 Å². The molecule has 1 aromatic carbocycles. The van der Waals surface area contributed by atoms with E-state index >= 15 is 0 Å². The van der Waals surface area contributed by atoms with E-state index in [2.05, 4.69) is 24.9 Å². The Bertz CT molecular complexity index is 1250. The van der Waals surface area contributed by atoms with Crippen molar-refractivity contribution in [3.05, 3.63) is 47.8 Å². The Balaban J connectivity index is 1.76. The molecule has 1 aliphatic heterocycles. The molecule has 0 saturated carbocycles. The molecule has 2 aromatic heterocycles. The summed E-state index contributed by atoms with van der Waals surface area (Å²) in [7, 11) is -0.841. The Morgan fingerprint density at radius 3 is 2.34 bits per heavy atom. The smallest absolute Gasteiger partial charge is 0.243 e. The van der Waals surface area contributed by atoms with Crippen molar-refractivity contribution in [3.63, 3.8) is 0 Å². The van der Waals surface area contributed by atoms with Crippen molar-refractivity contribution < 1.29 is 22.6 Å². The van der Waals surface area contributed by atoms with Crippen LogP contribution in [0.4, 0.5) is 5.95 Å². The minimum absolute atomic E-state index is 0.0403. The topological polar surface area (TPSA) is 130 Å². The van der Waals surface area contributed by atoms with E-state index in [1.54, 1.807) is 49.0 Å². The van der Waals surface area contributed by atoms with Gasteiger partial charge in [0.2, 0.25) is 16.0 Å². The van der Waals surface area contributed by atoms with E-state index < -0.39 is 21.2 Å². The number of sulfonamides is 1. The van der Waals surface area contributed by atoms with E-state index in [1.165, 1.54) is 14.2 Å². The highest BCUT2D eigenvalue weighted by atomic mass is 32.2. The molecule has 1 saturated heterocycles. The lowest BCUT2D eigenvalue weighted by Gasteiger charge is -2.22. The molecule has 0 bridgehead atoms. The molecule has 3 atom stereocenters. The molecule has 4 rings (SSSR count). The highest BCUT2D eigenvalue weighted by molar-refractivity contribution is 7.93. The monoisotopic (exact) mass is 502 g/mol. The molecule has 1 aliphatic rings. The van der Waals surface area contributed by atoms with Gasteiger partial charge >= 0.3 is 0 Å². The molecule has 0 unspecified atom stereocenters. The van der Waals surface area contributed by atoms with Crippen LogP contribution in [0.2, 0.25) is 0 Å². The number of hydrogen-bond donors (Lipinski definition) is 1. The Morgan fingerprint density at radius 1 is 1.11 bits per heavy atom. The van der Waals surface area contributed by atoms with Crippen molar-refractivity contribution in [1.29, 1.82) is 0 Å². The third kappa shape index (κ3) is 4.94. The van der Waals surface area contributed by atoms with Crippen LogP contribution in [0.15, 0.2) is 30.6 Å². The fourth-order valence-electron chi connectivity index (χ4n) is 3.97. The Labute approximate surface area is 204 Å². The Morgan fingerprint density at radius 2 is 1.77 bits per heavy atom. The average molecular weight is 503 g/mol. The van der Waals surface area contributed by atoms with Gasteiger partial charge in [0.25, 0.3) is 0 Å². The molecule has 1 N–H and O–H groups in total. The van der Waals surface area contributed by atoms with Gasteiger partial charge in [0, 0.05) is 30.8 Å². The summed E-state index contributed by atoms with van der Waals surface area (Å²) < 4.78 is 48.0. The maximum atomic E-state index is 13.5. The van der Waals surface area contributed by atoms with Crippen LogP contribution in [-0.2, 0) is 14.8 Å². The summed E-state index contributed by atoms with van der Waals surface area (Å²) in [5.74, 6) is 1.49. The minimum atomic E-state index is -3.92. The van der Waals surface area contributed by atoms with Crippen molar-refractivity contribution in [2.75, 3.05) is 32.2 Å². The molecule has 0 aliphatic carbocycles. The van der Waals surface area contributed by atoms with E-state index in [1.807, 2.05) is 6.92 Å². The summed E-state index contributed by atoms with van der Waals surface area (Å²) in [6, 6.07) is 5.33. The van der Waals surface area contributed by atoms with Gasteiger partial charge in [-0.2, -0.15) is 0 Å². The molecule has 0 spiro atoms. The summed E-state index contributed by atoms with van der Waals surface area (Å²) in [6.07, 6.45) is 4.08. The lowest BCUT2D eigenvalue weighted by atomic mass is 10.1. The van der Waals surface area contributed by atoms with Crippen molar-refractivity contribution >= 4 is 16.0 Å². The zero-order valence-corrected chi connectivity index (χ0v) is 21.2. The first-order valence-electron chi connectivity index (χ1n) is 11.3. The average Bonchev–Trinajstić information content (AvgIpc) is 3.52. The zero-order valence-electron chi connectivity index (χ0n) is 20.4. The molecule has 11 nitrogen and oxygen atoms in total. The minimum Gasteiger partial charge on any atom is -0.494 e. The largest absolute Gasteiger partial charge is 0.494 e. The molecule has 35 heavy (non-hydrogen) atoms. The molecule has 3 heterocycles. The van der Waals surface area contributed by atoms with Crippen LogP contribution in [0, 0.1) is 6.92 Å². The van der Waals surface area contributed by atoms with Crippen LogP contribution >= 0.6 is 0 Å². The first kappa shape index (κ1) is 24.9. The quantitative estimate of drug-likeness (QED) is 0.469. The highest BCUT2D eigenvalue weighted by Gasteiger charge is 2.34. The van der Waals surface area contributed by atoms with E-state index in [0.717, 1.165) is 12.0 Å². The second kappa shape index (κ2) is 10.2. The van der Waals surface area contributed by atoms with Crippen LogP contribution in [0.5, 0.6) is 11.5 Å². The van der Waals surface area contributed by atoms with E-state index in [-0.39, 0.29) is 11.9 Å². The molecule has 188 valence electrons. The molecule has 0 radical (unpaired) electrons. The SMILES string of the molecule is COc1cccc(OC)c1-n1c(NS(=O)(=O)[C@@H](C)[C@H](C)c2ncc(C)cn2)nnc1[C@@H]1CCOC1. The van der Waals surface area contributed by atoms with Gasteiger partial charge in [0.15, 0.2) is 0 Å². The second-order valence-electron chi connectivity index (χ2n) is 8.55. The Hall–Kier alpha value is -3.25. The van der Waals surface area contributed by atoms with Gasteiger partial charge in [0.05, 0.1) is 26.1 Å². The van der Waals surface area contributed by atoms with Crippen LogP contribution < -0.4 is 14.2 Å². The number of aromatic nitrogens is 5. The number of anilines is 1. The fourth-order valence-corrected chi connectivity index (χ4v) is 5.21. The molecular formula is C23H30N6O5S. The lowest BCUT2D eigenvalue weighted by molar-refractivity contribution is 0.193. The zero-order chi connectivity index (χ0) is 25.2. The number of para-hydroxylation sites is 1. The van der Waals surface area contributed by atoms with E-state index in [0.29, 0.717) is 42.0 Å². The third-order valence-electron chi connectivity index (χ3n) is 6.24. The normalized spacial score (nSPS) is 17.7. The van der Waals surface area contributed by atoms with Crippen LogP contribution in [0.3, 0.4) is 0 Å². The number of methoxy groups -OCH3 is 2. The standard InChI is InChI=1S/C23H30N6O5S/c1-14-11-24-21(25-12-14)15(2)16(3)35(30,31)28-23-27-26-22(17-9-10-34-13-17)29(23)20-18(32-4)7-6-8-19(20)33-5/h6-8,11-12,15-17H,9-10,13H2,1-5H3,(H,27,28)/t15-,16-,17+/m0/s1. The maximum absolute atomic E-state index is 13.5. The predicted octanol–water partition coefficient (Wildman–Crippen LogP) is 2.82. The number of nitrogens with zero attached hydrogens (tertiary/aromatic N) is 5. The highest BCUT2D eigenvalue weighted by Crippen LogP contribution is 2.38. The third-order valence-corrected chi connectivity index (χ3v) is 8.10. The van der Waals surface area contributed by atoms with Crippen molar-refractivity contribution in [2.24, 2.45) is 0 Å². The number of benzene rings is 1. The summed E-state index contributed by atoms with van der Waals surface area (Å²) >= 11 is 0. The van der Waals surface area contributed by atoms with Gasteiger partial charge in [-0.25, -0.2) is 18.4 Å². The molecule has 1 fully saturated rings. The fraction of sp³-hybridized carbons (Fsp3) is 0.478. The van der Waals surface area contributed by atoms with Crippen LogP contribution in [-0.4, -0.2) is 65.8 Å². The number of aryl methyl sites for hydroxylation is 1. The summed E-state index contributed by atoms with van der Waals surface area (Å²) in [5.41, 5.74) is 1.40. The van der Waals surface area contributed by atoms with E-state index in [4.69, 9.17) is 14.2 Å². The molecule has 3 aromatic rings. The molecule has 0 amide bonds. The van der Waals surface area contributed by atoms with Gasteiger partial charge < -0.3 is 14.2 Å². The lowest BCUT2D eigenvalue weighted by Crippen LogP contribution is -2.31. The van der Waals surface area contributed by atoms with Crippen molar-refractivity contribution in [1.82, 2.24) is 24.7 Å². The predicted molar refractivity (Wildman–Crippen MR) is 130 cm³/mol. The summed E-state index contributed by atoms with van der Waals surface area (Å²) in [5, 5.41) is 7.72. The van der Waals surface area contributed by atoms with Gasteiger partial charge in [-0.05, 0) is 38.0 Å². The second-order valence-corrected chi connectivity index (χ2v) is 10.6.